The van der Waals surface area contributed by atoms with Crippen molar-refractivity contribution in [2.45, 2.75) is 90.2 Å². The molecule has 0 bridgehead atoms. The minimum absolute atomic E-state index is 0.223. The Kier molecular flexibility index (Phi) is 5.60. The summed E-state index contributed by atoms with van der Waals surface area (Å²) in [4.78, 5) is 15.8. The third-order valence-corrected chi connectivity index (χ3v) is 10.5. The van der Waals surface area contributed by atoms with Gasteiger partial charge >= 0.3 is 0 Å². The van der Waals surface area contributed by atoms with Crippen LogP contribution in [0, 0.1) is 40.9 Å². The van der Waals surface area contributed by atoms with E-state index in [9.17, 15) is 9.90 Å². The van der Waals surface area contributed by atoms with Crippen molar-refractivity contribution in [1.82, 2.24) is 4.90 Å². The molecule has 170 valence electrons. The van der Waals surface area contributed by atoms with Crippen molar-refractivity contribution in [1.29, 1.82) is 0 Å². The fraction of sp³-hybridized carbons (Fsp3) is 0.962. The highest BCUT2D eigenvalue weighted by atomic mass is 16.5. The Balaban J connectivity index is 1.28. The van der Waals surface area contributed by atoms with Crippen LogP contribution in [0.4, 0.5) is 0 Å². The maximum Gasteiger partial charge on any atom is 0.150 e. The van der Waals surface area contributed by atoms with Gasteiger partial charge in [-0.3, -0.25) is 9.69 Å². The zero-order valence-corrected chi connectivity index (χ0v) is 19.4. The van der Waals surface area contributed by atoms with Gasteiger partial charge in [-0.1, -0.05) is 6.92 Å². The van der Waals surface area contributed by atoms with Gasteiger partial charge in [-0.15, -0.1) is 0 Å². The molecule has 1 N–H and O–H groups in total. The predicted molar refractivity (Wildman–Crippen MR) is 118 cm³/mol. The monoisotopic (exact) mass is 417 g/mol. The van der Waals surface area contributed by atoms with Gasteiger partial charge in [0, 0.05) is 18.5 Å². The molecule has 0 aromatic heterocycles. The van der Waals surface area contributed by atoms with E-state index < -0.39 is 5.60 Å². The van der Waals surface area contributed by atoms with Crippen LogP contribution in [0.3, 0.4) is 0 Å². The van der Waals surface area contributed by atoms with Crippen LogP contribution in [0.2, 0.25) is 0 Å². The lowest BCUT2D eigenvalue weighted by molar-refractivity contribution is -0.135. The molecule has 1 saturated heterocycles. The number of aliphatic hydroxyl groups is 1. The van der Waals surface area contributed by atoms with Crippen molar-refractivity contribution in [2.75, 3.05) is 26.3 Å². The number of Topliss-reactive ketones (excluding diaryl/α,β-unsaturated/α-hetero) is 1. The summed E-state index contributed by atoms with van der Waals surface area (Å²) in [5, 5.41) is 10.6. The first-order valence-corrected chi connectivity index (χ1v) is 12.9. The standard InChI is InChI=1S/C26H43NO3/c1-17-16-30-13-12-27(17)15-24(28)23-7-6-22-21-5-4-18-14-25(2,29)10-8-19(18)20(21)9-11-26(22,23)3/h17-23,29H,4-16H2,1-3H3/t17-,18-,19+,20-,21-,22+,23-,25-,26+/m1/s1. The number of carbonyl (C=O) groups is 1. The van der Waals surface area contributed by atoms with Crippen LogP contribution >= 0.6 is 0 Å². The molecular weight excluding hydrogens is 374 g/mol. The summed E-state index contributed by atoms with van der Waals surface area (Å²) in [6.07, 6.45) is 10.8. The summed E-state index contributed by atoms with van der Waals surface area (Å²) in [6.45, 7) is 9.78. The molecule has 0 spiro atoms. The molecule has 0 radical (unpaired) electrons. The summed E-state index contributed by atoms with van der Waals surface area (Å²) in [7, 11) is 0. The van der Waals surface area contributed by atoms with Gasteiger partial charge < -0.3 is 9.84 Å². The van der Waals surface area contributed by atoms with Crippen LogP contribution in [-0.4, -0.2) is 53.7 Å². The van der Waals surface area contributed by atoms with E-state index in [1.54, 1.807) is 0 Å². The number of hydrogen-bond acceptors (Lipinski definition) is 4. The number of morpholine rings is 1. The molecule has 4 saturated carbocycles. The highest BCUT2D eigenvalue weighted by Gasteiger charge is 2.58. The summed E-state index contributed by atoms with van der Waals surface area (Å²) in [6, 6.07) is 0.363. The third kappa shape index (κ3) is 3.59. The van der Waals surface area contributed by atoms with Crippen LogP contribution in [0.15, 0.2) is 0 Å². The van der Waals surface area contributed by atoms with E-state index in [0.29, 0.717) is 18.4 Å². The average molecular weight is 418 g/mol. The first-order chi connectivity index (χ1) is 14.3. The molecule has 1 heterocycles. The highest BCUT2D eigenvalue weighted by Crippen LogP contribution is 2.64. The van der Waals surface area contributed by atoms with Crippen molar-refractivity contribution < 1.29 is 14.6 Å². The molecule has 4 heteroatoms. The van der Waals surface area contributed by atoms with Gasteiger partial charge in [0.25, 0.3) is 0 Å². The third-order valence-electron chi connectivity index (χ3n) is 10.5. The number of fused-ring (bicyclic) bond motifs is 5. The maximum atomic E-state index is 13.5. The quantitative estimate of drug-likeness (QED) is 0.744. The van der Waals surface area contributed by atoms with E-state index in [1.807, 2.05) is 0 Å². The molecular formula is C26H43NO3. The zero-order chi connectivity index (χ0) is 21.1. The van der Waals surface area contributed by atoms with Crippen molar-refractivity contribution in [3.63, 3.8) is 0 Å². The van der Waals surface area contributed by atoms with Crippen LogP contribution < -0.4 is 0 Å². The molecule has 0 amide bonds. The largest absolute Gasteiger partial charge is 0.390 e. The topological polar surface area (TPSA) is 49.8 Å². The van der Waals surface area contributed by atoms with Crippen LogP contribution in [0.5, 0.6) is 0 Å². The molecule has 5 fully saturated rings. The zero-order valence-electron chi connectivity index (χ0n) is 19.4. The number of nitrogens with zero attached hydrogens (tertiary/aromatic N) is 1. The van der Waals surface area contributed by atoms with E-state index >= 15 is 0 Å². The molecule has 0 aromatic rings. The molecule has 30 heavy (non-hydrogen) atoms. The summed E-state index contributed by atoms with van der Waals surface area (Å²) >= 11 is 0. The van der Waals surface area contributed by atoms with E-state index in [-0.39, 0.29) is 11.3 Å². The highest BCUT2D eigenvalue weighted by molar-refractivity contribution is 5.84. The Morgan fingerprint density at radius 3 is 2.63 bits per heavy atom. The van der Waals surface area contributed by atoms with Gasteiger partial charge in [0.15, 0.2) is 0 Å². The van der Waals surface area contributed by atoms with Crippen molar-refractivity contribution >= 4 is 5.78 Å². The average Bonchev–Trinajstić information content (AvgIpc) is 3.06. The normalized spacial score (nSPS) is 51.7. The number of carbonyl (C=O) groups excluding carboxylic acids is 1. The van der Waals surface area contributed by atoms with E-state index in [1.165, 1.54) is 38.5 Å². The van der Waals surface area contributed by atoms with Gasteiger partial charge in [-0.2, -0.15) is 0 Å². The summed E-state index contributed by atoms with van der Waals surface area (Å²) in [5.74, 6) is 4.77. The Hall–Kier alpha value is -0.450. The van der Waals surface area contributed by atoms with Crippen LogP contribution in [0.25, 0.3) is 0 Å². The molecule has 4 nitrogen and oxygen atoms in total. The van der Waals surface area contributed by atoms with Crippen LogP contribution in [-0.2, 0) is 9.53 Å². The number of rotatable bonds is 3. The van der Waals surface area contributed by atoms with Crippen molar-refractivity contribution in [2.24, 2.45) is 40.9 Å². The minimum Gasteiger partial charge on any atom is -0.390 e. The molecule has 5 rings (SSSR count). The summed E-state index contributed by atoms with van der Waals surface area (Å²) < 4.78 is 5.57. The van der Waals surface area contributed by atoms with Gasteiger partial charge in [-0.05, 0) is 107 Å². The lowest BCUT2D eigenvalue weighted by Gasteiger charge is -2.57. The lowest BCUT2D eigenvalue weighted by atomic mass is 9.49. The number of ether oxygens (including phenoxy) is 1. The second-order valence-electron chi connectivity index (χ2n) is 12.2. The molecule has 1 aliphatic heterocycles. The first kappa shape index (κ1) is 21.4. The SMILES string of the molecule is C[C@@H]1COCCN1CC(=O)[C@H]1CC[C@H]2[C@@H]3CC[C@@H]4C[C@](C)(O)CC[C@@H]4[C@H]3CC[C@]12C. The smallest absolute Gasteiger partial charge is 0.150 e. The van der Waals surface area contributed by atoms with E-state index in [2.05, 4.69) is 25.7 Å². The first-order valence-electron chi connectivity index (χ1n) is 12.9. The maximum absolute atomic E-state index is 13.5. The number of ketones is 1. The lowest BCUT2D eigenvalue weighted by Crippen LogP contribution is -2.52. The molecule has 9 atom stereocenters. The number of hydrogen-bond donors (Lipinski definition) is 1. The molecule has 5 aliphatic rings. The van der Waals surface area contributed by atoms with Gasteiger partial charge in [0.2, 0.25) is 0 Å². The Morgan fingerprint density at radius 2 is 1.83 bits per heavy atom. The van der Waals surface area contributed by atoms with Gasteiger partial charge in [0.05, 0.1) is 25.4 Å². The Labute approximate surface area is 183 Å². The Bertz CT molecular complexity index is 663. The second kappa shape index (κ2) is 7.85. The van der Waals surface area contributed by atoms with Crippen LogP contribution in [0.1, 0.15) is 78.6 Å². The van der Waals surface area contributed by atoms with E-state index in [4.69, 9.17) is 4.74 Å². The summed E-state index contributed by atoms with van der Waals surface area (Å²) in [5.41, 5.74) is -0.209. The second-order valence-corrected chi connectivity index (χ2v) is 12.2. The van der Waals surface area contributed by atoms with Gasteiger partial charge in [0.1, 0.15) is 5.78 Å². The molecule has 0 unspecified atom stereocenters. The Morgan fingerprint density at radius 1 is 1.03 bits per heavy atom. The fourth-order valence-corrected chi connectivity index (χ4v) is 8.92. The van der Waals surface area contributed by atoms with Crippen molar-refractivity contribution in [3.05, 3.63) is 0 Å². The molecule has 4 aliphatic carbocycles. The molecule has 0 aromatic carbocycles. The predicted octanol–water partition coefficient (Wildman–Crippen LogP) is 4.30. The van der Waals surface area contributed by atoms with Crippen molar-refractivity contribution in [3.8, 4) is 0 Å². The van der Waals surface area contributed by atoms with E-state index in [0.717, 1.165) is 68.6 Å². The fourth-order valence-electron chi connectivity index (χ4n) is 8.92. The minimum atomic E-state index is -0.432. The van der Waals surface area contributed by atoms with Gasteiger partial charge in [-0.25, -0.2) is 0 Å².